The first-order chi connectivity index (χ1) is 8.83. The number of nitrogens with zero attached hydrogens (tertiary/aromatic N) is 1. The minimum absolute atomic E-state index is 0.110. The van der Waals surface area contributed by atoms with Crippen molar-refractivity contribution in [3.63, 3.8) is 0 Å². The number of para-hydroxylation sites is 1. The summed E-state index contributed by atoms with van der Waals surface area (Å²) in [6, 6.07) is 9.67. The van der Waals surface area contributed by atoms with E-state index in [1.807, 2.05) is 35.7 Å². The van der Waals surface area contributed by atoms with Crippen molar-refractivity contribution < 1.29 is 4.79 Å². The van der Waals surface area contributed by atoms with Gasteiger partial charge in [0.05, 0.1) is 6.54 Å². The Morgan fingerprint density at radius 3 is 3.06 bits per heavy atom. The van der Waals surface area contributed by atoms with Crippen molar-refractivity contribution in [2.75, 3.05) is 0 Å². The van der Waals surface area contributed by atoms with Crippen LogP contribution in [0.4, 0.5) is 0 Å². The van der Waals surface area contributed by atoms with Crippen LogP contribution < -0.4 is 5.32 Å². The fraction of sp³-hybridized carbons (Fsp3) is 0.0769. The molecule has 0 fully saturated rings. The van der Waals surface area contributed by atoms with Crippen molar-refractivity contribution in [2.45, 2.75) is 6.54 Å². The van der Waals surface area contributed by atoms with Gasteiger partial charge in [0, 0.05) is 22.5 Å². The molecular formula is C13H11N3OS. The lowest BCUT2D eigenvalue weighted by atomic mass is 10.2. The van der Waals surface area contributed by atoms with E-state index in [0.717, 1.165) is 15.9 Å². The van der Waals surface area contributed by atoms with Gasteiger partial charge in [-0.1, -0.05) is 18.2 Å². The number of hydrogen-bond acceptors (Lipinski definition) is 3. The molecule has 0 aliphatic rings. The molecule has 3 rings (SSSR count). The number of nitrogens with one attached hydrogen (secondary N) is 2. The fourth-order valence-electron chi connectivity index (χ4n) is 1.79. The van der Waals surface area contributed by atoms with Crippen molar-refractivity contribution in [1.82, 2.24) is 15.3 Å². The summed E-state index contributed by atoms with van der Waals surface area (Å²) in [6.45, 7) is 0.464. The average molecular weight is 257 g/mol. The summed E-state index contributed by atoms with van der Waals surface area (Å²) in [4.78, 5) is 19.2. The first-order valence-corrected chi connectivity index (χ1v) is 6.45. The van der Waals surface area contributed by atoms with Gasteiger partial charge in [-0.2, -0.15) is 0 Å². The fourth-order valence-corrected chi connectivity index (χ4v) is 2.34. The zero-order valence-electron chi connectivity index (χ0n) is 9.51. The van der Waals surface area contributed by atoms with Gasteiger partial charge in [-0.25, -0.2) is 4.98 Å². The second kappa shape index (κ2) is 4.62. The molecule has 3 aromatic rings. The second-order valence-electron chi connectivity index (χ2n) is 3.88. The second-order valence-corrected chi connectivity index (χ2v) is 4.86. The number of amides is 1. The molecule has 90 valence electrons. The summed E-state index contributed by atoms with van der Waals surface area (Å²) in [5, 5.41) is 6.67. The number of aromatic amines is 1. The minimum Gasteiger partial charge on any atom is -0.351 e. The van der Waals surface area contributed by atoms with E-state index in [0.29, 0.717) is 12.2 Å². The van der Waals surface area contributed by atoms with Gasteiger partial charge in [-0.05, 0) is 12.1 Å². The molecule has 2 N–H and O–H groups in total. The van der Waals surface area contributed by atoms with Crippen LogP contribution >= 0.6 is 11.3 Å². The Balaban J connectivity index is 1.75. The van der Waals surface area contributed by atoms with Crippen LogP contribution in [0.5, 0.6) is 0 Å². The molecule has 18 heavy (non-hydrogen) atoms. The largest absolute Gasteiger partial charge is 0.351 e. The van der Waals surface area contributed by atoms with Crippen LogP contribution in [0.2, 0.25) is 0 Å². The monoisotopic (exact) mass is 257 g/mol. The Morgan fingerprint density at radius 2 is 2.28 bits per heavy atom. The van der Waals surface area contributed by atoms with E-state index in [2.05, 4.69) is 15.3 Å². The Morgan fingerprint density at radius 1 is 1.39 bits per heavy atom. The lowest BCUT2D eigenvalue weighted by Crippen LogP contribution is -2.22. The number of benzene rings is 1. The lowest BCUT2D eigenvalue weighted by molar-refractivity contribution is 0.0946. The van der Waals surface area contributed by atoms with Crippen LogP contribution in [-0.2, 0) is 6.54 Å². The van der Waals surface area contributed by atoms with Crippen molar-refractivity contribution in [3.8, 4) is 0 Å². The first kappa shape index (κ1) is 11.0. The van der Waals surface area contributed by atoms with Gasteiger partial charge in [0.25, 0.3) is 5.91 Å². The van der Waals surface area contributed by atoms with Crippen LogP contribution in [0.25, 0.3) is 10.9 Å². The number of fused-ring (bicyclic) bond motifs is 1. The minimum atomic E-state index is -0.110. The summed E-state index contributed by atoms with van der Waals surface area (Å²) >= 11 is 1.53. The average Bonchev–Trinajstić information content (AvgIpc) is 3.04. The van der Waals surface area contributed by atoms with E-state index in [4.69, 9.17) is 0 Å². The van der Waals surface area contributed by atoms with E-state index in [9.17, 15) is 4.79 Å². The highest BCUT2D eigenvalue weighted by molar-refractivity contribution is 7.09. The summed E-state index contributed by atoms with van der Waals surface area (Å²) in [7, 11) is 0. The van der Waals surface area contributed by atoms with Crippen LogP contribution in [0.1, 0.15) is 15.5 Å². The SMILES string of the molecule is O=C(NCc1nccs1)c1cc2ccccc2[nH]1. The van der Waals surface area contributed by atoms with Crippen LogP contribution in [0.15, 0.2) is 41.9 Å². The number of thiazole rings is 1. The highest BCUT2D eigenvalue weighted by atomic mass is 32.1. The van der Waals surface area contributed by atoms with Crippen LogP contribution in [0.3, 0.4) is 0 Å². The van der Waals surface area contributed by atoms with E-state index < -0.39 is 0 Å². The van der Waals surface area contributed by atoms with Gasteiger partial charge in [-0.15, -0.1) is 11.3 Å². The molecule has 0 saturated carbocycles. The summed E-state index contributed by atoms with van der Waals surface area (Å²) in [5.41, 5.74) is 1.55. The molecule has 2 aromatic heterocycles. The number of aromatic nitrogens is 2. The Bertz CT molecular complexity index is 639. The van der Waals surface area contributed by atoms with Crippen molar-refractivity contribution in [3.05, 3.63) is 52.6 Å². The highest BCUT2D eigenvalue weighted by Crippen LogP contribution is 2.14. The number of rotatable bonds is 3. The molecular weight excluding hydrogens is 246 g/mol. The molecule has 0 bridgehead atoms. The summed E-state index contributed by atoms with van der Waals surface area (Å²) in [5.74, 6) is -0.110. The Labute approximate surface area is 108 Å². The molecule has 0 radical (unpaired) electrons. The molecule has 4 nitrogen and oxygen atoms in total. The lowest BCUT2D eigenvalue weighted by Gasteiger charge is -2.00. The van der Waals surface area contributed by atoms with Gasteiger partial charge >= 0.3 is 0 Å². The predicted molar refractivity (Wildman–Crippen MR) is 71.6 cm³/mol. The molecule has 0 aliphatic heterocycles. The topological polar surface area (TPSA) is 57.8 Å². The van der Waals surface area contributed by atoms with E-state index in [-0.39, 0.29) is 5.91 Å². The molecule has 0 atom stereocenters. The van der Waals surface area contributed by atoms with E-state index in [1.54, 1.807) is 6.20 Å². The van der Waals surface area contributed by atoms with Gasteiger partial charge in [-0.3, -0.25) is 4.79 Å². The summed E-state index contributed by atoms with van der Waals surface area (Å²) < 4.78 is 0. The maximum absolute atomic E-state index is 11.9. The van der Waals surface area contributed by atoms with Crippen molar-refractivity contribution in [1.29, 1.82) is 0 Å². The molecule has 0 saturated heterocycles. The third kappa shape index (κ3) is 2.12. The number of carbonyl (C=O) groups excluding carboxylic acids is 1. The van der Waals surface area contributed by atoms with E-state index in [1.165, 1.54) is 11.3 Å². The maximum atomic E-state index is 11.9. The van der Waals surface area contributed by atoms with E-state index >= 15 is 0 Å². The molecule has 0 aliphatic carbocycles. The van der Waals surface area contributed by atoms with Gasteiger partial charge < -0.3 is 10.3 Å². The normalized spacial score (nSPS) is 10.7. The zero-order chi connectivity index (χ0) is 12.4. The molecule has 5 heteroatoms. The molecule has 1 amide bonds. The Kier molecular flexibility index (Phi) is 2.82. The molecule has 1 aromatic carbocycles. The number of hydrogen-bond donors (Lipinski definition) is 2. The number of carbonyl (C=O) groups is 1. The Hall–Kier alpha value is -2.14. The zero-order valence-corrected chi connectivity index (χ0v) is 10.3. The maximum Gasteiger partial charge on any atom is 0.268 e. The van der Waals surface area contributed by atoms with Crippen LogP contribution in [0, 0.1) is 0 Å². The smallest absolute Gasteiger partial charge is 0.268 e. The van der Waals surface area contributed by atoms with Gasteiger partial charge in [0.2, 0.25) is 0 Å². The highest BCUT2D eigenvalue weighted by Gasteiger charge is 2.09. The molecule has 0 unspecified atom stereocenters. The quantitative estimate of drug-likeness (QED) is 0.757. The standard InChI is InChI=1S/C13H11N3OS/c17-13(15-8-12-14-5-6-18-12)11-7-9-3-1-2-4-10(9)16-11/h1-7,16H,8H2,(H,15,17). The van der Waals surface area contributed by atoms with Crippen molar-refractivity contribution in [2.24, 2.45) is 0 Å². The third-order valence-corrected chi connectivity index (χ3v) is 3.44. The molecule has 0 spiro atoms. The summed E-state index contributed by atoms with van der Waals surface area (Å²) in [6.07, 6.45) is 1.73. The number of H-pyrrole nitrogens is 1. The molecule has 2 heterocycles. The third-order valence-electron chi connectivity index (χ3n) is 2.66. The van der Waals surface area contributed by atoms with Crippen LogP contribution in [-0.4, -0.2) is 15.9 Å². The first-order valence-electron chi connectivity index (χ1n) is 5.57. The van der Waals surface area contributed by atoms with Gasteiger partial charge in [0.15, 0.2) is 0 Å². The van der Waals surface area contributed by atoms with Crippen molar-refractivity contribution >= 4 is 28.1 Å². The van der Waals surface area contributed by atoms with Gasteiger partial charge in [0.1, 0.15) is 10.7 Å². The predicted octanol–water partition coefficient (Wildman–Crippen LogP) is 2.55.